The van der Waals surface area contributed by atoms with Gasteiger partial charge in [0.2, 0.25) is 0 Å². The lowest BCUT2D eigenvalue weighted by Gasteiger charge is -2.35. The number of piperazine rings is 1. The molecule has 1 amide bonds. The molecule has 0 saturated carbocycles. The number of nitrogens with zero attached hydrogens (tertiary/aromatic N) is 7. The second kappa shape index (κ2) is 7.66. The number of benzene rings is 1. The second-order valence-electron chi connectivity index (χ2n) is 6.74. The number of anilines is 1. The minimum atomic E-state index is -0.498. The summed E-state index contributed by atoms with van der Waals surface area (Å²) < 4.78 is 1.67. The summed E-state index contributed by atoms with van der Waals surface area (Å²) in [5.74, 6) is 1.17. The third kappa shape index (κ3) is 3.91. The summed E-state index contributed by atoms with van der Waals surface area (Å²) in [6.07, 6.45) is 1.83. The van der Waals surface area contributed by atoms with Gasteiger partial charge in [0.05, 0.1) is 10.6 Å². The number of rotatable bonds is 4. The third-order valence-electron chi connectivity index (χ3n) is 4.79. The number of aromatic nitrogens is 4. The van der Waals surface area contributed by atoms with Crippen molar-refractivity contribution < 1.29 is 9.72 Å². The number of carbonyl (C=O) groups excluding carboxylic acids is 1. The molecule has 29 heavy (non-hydrogen) atoms. The Morgan fingerprint density at radius 1 is 1.03 bits per heavy atom. The van der Waals surface area contributed by atoms with Crippen LogP contribution in [0.1, 0.15) is 16.1 Å². The van der Waals surface area contributed by atoms with Crippen LogP contribution in [0.25, 0.3) is 5.82 Å². The molecule has 3 aromatic rings. The molecule has 0 bridgehead atoms. The van der Waals surface area contributed by atoms with Crippen molar-refractivity contribution in [1.29, 1.82) is 0 Å². The quantitative estimate of drug-likeness (QED) is 0.491. The summed E-state index contributed by atoms with van der Waals surface area (Å²) in [6.45, 7) is 4.13. The Labute approximate surface area is 166 Å². The molecule has 2 aromatic heterocycles. The number of nitro benzene ring substituents is 1. The molecule has 4 rings (SSSR count). The van der Waals surface area contributed by atoms with Crippen molar-refractivity contribution in [3.8, 4) is 5.82 Å². The standard InChI is InChI=1S/C19H19N7O3/c1-14-7-8-25(22-14)18-6-5-17(20-21-18)23-9-11-24(12-10-23)19(27)15-3-2-4-16(13-15)26(28)29/h2-8,13H,9-12H2,1H3. The predicted octanol–water partition coefficient (Wildman–Crippen LogP) is 1.84. The van der Waals surface area contributed by atoms with Crippen LogP contribution in [0.3, 0.4) is 0 Å². The van der Waals surface area contributed by atoms with Crippen LogP contribution < -0.4 is 4.90 Å². The predicted molar refractivity (Wildman–Crippen MR) is 105 cm³/mol. The van der Waals surface area contributed by atoms with E-state index in [0.29, 0.717) is 37.6 Å². The highest BCUT2D eigenvalue weighted by molar-refractivity contribution is 5.95. The Balaban J connectivity index is 1.39. The maximum atomic E-state index is 12.7. The van der Waals surface area contributed by atoms with Crippen LogP contribution in [-0.2, 0) is 0 Å². The minimum absolute atomic E-state index is 0.0859. The van der Waals surface area contributed by atoms with Gasteiger partial charge in [0.15, 0.2) is 11.6 Å². The highest BCUT2D eigenvalue weighted by Crippen LogP contribution is 2.18. The van der Waals surface area contributed by atoms with Gasteiger partial charge in [-0.25, -0.2) is 4.68 Å². The van der Waals surface area contributed by atoms with Crippen molar-refractivity contribution in [2.24, 2.45) is 0 Å². The van der Waals surface area contributed by atoms with Crippen LogP contribution in [0.5, 0.6) is 0 Å². The molecule has 3 heterocycles. The van der Waals surface area contributed by atoms with Gasteiger partial charge in [0.1, 0.15) is 0 Å². The highest BCUT2D eigenvalue weighted by Gasteiger charge is 2.24. The van der Waals surface area contributed by atoms with E-state index in [4.69, 9.17) is 0 Å². The fraction of sp³-hybridized carbons (Fsp3) is 0.263. The maximum absolute atomic E-state index is 12.7. The number of carbonyl (C=O) groups is 1. The summed E-state index contributed by atoms with van der Waals surface area (Å²) in [4.78, 5) is 26.8. The lowest BCUT2D eigenvalue weighted by molar-refractivity contribution is -0.384. The zero-order valence-electron chi connectivity index (χ0n) is 15.8. The summed E-state index contributed by atoms with van der Waals surface area (Å²) in [7, 11) is 0. The number of nitro groups is 1. The third-order valence-corrected chi connectivity index (χ3v) is 4.79. The molecule has 0 spiro atoms. The lowest BCUT2D eigenvalue weighted by atomic mass is 10.1. The fourth-order valence-electron chi connectivity index (χ4n) is 3.23. The van der Waals surface area contributed by atoms with Crippen LogP contribution in [0, 0.1) is 17.0 Å². The molecule has 0 unspecified atom stereocenters. The Kier molecular flexibility index (Phi) is 4.90. The first-order chi connectivity index (χ1) is 14.0. The molecular weight excluding hydrogens is 374 g/mol. The van der Waals surface area contributed by atoms with Gasteiger partial charge in [0.25, 0.3) is 11.6 Å². The van der Waals surface area contributed by atoms with E-state index in [1.54, 1.807) is 15.6 Å². The van der Waals surface area contributed by atoms with Gasteiger partial charge in [-0.3, -0.25) is 14.9 Å². The molecule has 0 aliphatic carbocycles. The molecule has 0 radical (unpaired) electrons. The van der Waals surface area contributed by atoms with Crippen molar-refractivity contribution >= 4 is 17.4 Å². The van der Waals surface area contributed by atoms with Crippen LogP contribution in [0.2, 0.25) is 0 Å². The monoisotopic (exact) mass is 393 g/mol. The Morgan fingerprint density at radius 2 is 1.76 bits per heavy atom. The SMILES string of the molecule is Cc1ccn(-c2ccc(N3CCN(C(=O)c4cccc([N+](=O)[O-])c4)CC3)nn2)n1. The number of hydrogen-bond acceptors (Lipinski definition) is 7. The maximum Gasteiger partial charge on any atom is 0.270 e. The van der Waals surface area contributed by atoms with Gasteiger partial charge in [0, 0.05) is 50.1 Å². The average molecular weight is 393 g/mol. The van der Waals surface area contributed by atoms with Crippen molar-refractivity contribution in [3.05, 3.63) is 70.0 Å². The molecule has 148 valence electrons. The molecule has 10 nitrogen and oxygen atoms in total. The Bertz CT molecular complexity index is 1040. The second-order valence-corrected chi connectivity index (χ2v) is 6.74. The van der Waals surface area contributed by atoms with Crippen molar-refractivity contribution in [3.63, 3.8) is 0 Å². The summed E-state index contributed by atoms with van der Waals surface area (Å²) >= 11 is 0. The molecule has 1 fully saturated rings. The normalized spacial score (nSPS) is 14.1. The zero-order chi connectivity index (χ0) is 20.4. The Hall–Kier alpha value is -3.82. The first kappa shape index (κ1) is 18.5. The summed E-state index contributed by atoms with van der Waals surface area (Å²) in [5, 5.41) is 23.7. The van der Waals surface area contributed by atoms with E-state index in [2.05, 4.69) is 20.2 Å². The van der Waals surface area contributed by atoms with Crippen LogP contribution in [0.15, 0.2) is 48.7 Å². The number of non-ortho nitro benzene ring substituents is 1. The van der Waals surface area contributed by atoms with Gasteiger partial charge in [-0.1, -0.05) is 6.07 Å². The molecular formula is C19H19N7O3. The van der Waals surface area contributed by atoms with Crippen molar-refractivity contribution in [2.75, 3.05) is 31.1 Å². The van der Waals surface area contributed by atoms with Crippen molar-refractivity contribution in [1.82, 2.24) is 24.9 Å². The van der Waals surface area contributed by atoms with E-state index in [1.165, 1.54) is 18.2 Å². The smallest absolute Gasteiger partial charge is 0.270 e. The van der Waals surface area contributed by atoms with Gasteiger partial charge in [-0.2, -0.15) is 5.10 Å². The van der Waals surface area contributed by atoms with Gasteiger partial charge in [-0.15, -0.1) is 10.2 Å². The van der Waals surface area contributed by atoms with Gasteiger partial charge in [-0.05, 0) is 31.2 Å². The Morgan fingerprint density at radius 3 is 2.38 bits per heavy atom. The van der Waals surface area contributed by atoms with E-state index >= 15 is 0 Å². The van der Waals surface area contributed by atoms with Gasteiger partial charge >= 0.3 is 0 Å². The molecule has 1 aliphatic heterocycles. The fourth-order valence-corrected chi connectivity index (χ4v) is 3.23. The average Bonchev–Trinajstić information content (AvgIpc) is 3.20. The van der Waals surface area contributed by atoms with E-state index in [9.17, 15) is 14.9 Å². The highest BCUT2D eigenvalue weighted by atomic mass is 16.6. The molecule has 0 N–H and O–H groups in total. The van der Waals surface area contributed by atoms with Crippen LogP contribution >= 0.6 is 0 Å². The molecule has 1 aliphatic rings. The summed E-state index contributed by atoms with van der Waals surface area (Å²) in [5.41, 5.74) is 1.14. The molecule has 10 heteroatoms. The van der Waals surface area contributed by atoms with E-state index in [1.807, 2.05) is 31.3 Å². The van der Waals surface area contributed by atoms with E-state index in [0.717, 1.165) is 11.5 Å². The molecule has 1 aromatic carbocycles. The van der Waals surface area contributed by atoms with Gasteiger partial charge < -0.3 is 9.80 Å². The molecule has 1 saturated heterocycles. The first-order valence-corrected chi connectivity index (χ1v) is 9.16. The zero-order valence-corrected chi connectivity index (χ0v) is 15.8. The molecule has 0 atom stereocenters. The van der Waals surface area contributed by atoms with Crippen LogP contribution in [0.4, 0.5) is 11.5 Å². The first-order valence-electron chi connectivity index (χ1n) is 9.16. The largest absolute Gasteiger partial charge is 0.352 e. The van der Waals surface area contributed by atoms with E-state index < -0.39 is 4.92 Å². The topological polar surface area (TPSA) is 110 Å². The minimum Gasteiger partial charge on any atom is -0.352 e. The van der Waals surface area contributed by atoms with E-state index in [-0.39, 0.29) is 11.6 Å². The number of hydrogen-bond donors (Lipinski definition) is 0. The number of amides is 1. The lowest BCUT2D eigenvalue weighted by Crippen LogP contribution is -2.49. The summed E-state index contributed by atoms with van der Waals surface area (Å²) in [6, 6.07) is 11.5. The van der Waals surface area contributed by atoms with Crippen LogP contribution in [-0.4, -0.2) is 61.9 Å². The number of aryl methyl sites for hydroxylation is 1. The van der Waals surface area contributed by atoms with Crippen molar-refractivity contribution in [2.45, 2.75) is 6.92 Å².